The van der Waals surface area contributed by atoms with Gasteiger partial charge in [0.1, 0.15) is 11.5 Å². The second kappa shape index (κ2) is 8.74. The van der Waals surface area contributed by atoms with Crippen molar-refractivity contribution in [1.82, 2.24) is 15.0 Å². The minimum atomic E-state index is -3.84. The van der Waals surface area contributed by atoms with Crippen molar-refractivity contribution in [2.24, 2.45) is 5.92 Å². The molecule has 2 rings (SSSR count). The molecule has 0 saturated heterocycles. The number of aromatic nitrogens is 1. The van der Waals surface area contributed by atoms with Gasteiger partial charge in [-0.2, -0.15) is 0 Å². The molecule has 2 amide bonds. The number of imide groups is 1. The van der Waals surface area contributed by atoms with E-state index < -0.39 is 33.8 Å². The Balaban J connectivity index is 2.05. The zero-order chi connectivity index (χ0) is 20.0. The van der Waals surface area contributed by atoms with Crippen LogP contribution in [0, 0.1) is 5.92 Å². The van der Waals surface area contributed by atoms with E-state index in [0.717, 1.165) is 0 Å². The maximum atomic E-state index is 12.5. The summed E-state index contributed by atoms with van der Waals surface area (Å²) in [7, 11) is -3.84. The summed E-state index contributed by atoms with van der Waals surface area (Å²) in [4.78, 5) is 26.7. The van der Waals surface area contributed by atoms with E-state index in [1.807, 2.05) is 0 Å². The van der Waals surface area contributed by atoms with Crippen molar-refractivity contribution in [1.29, 1.82) is 0 Å². The first-order valence-corrected chi connectivity index (χ1v) is 9.69. The van der Waals surface area contributed by atoms with Gasteiger partial charge in [-0.25, -0.2) is 13.1 Å². The highest BCUT2D eigenvalue weighted by molar-refractivity contribution is 7.89. The summed E-state index contributed by atoms with van der Waals surface area (Å²) in [6, 6.07) is 8.54. The number of hydrogen-bond acceptors (Lipinski definition) is 6. The molecular formula is C18H21N3O5S. The molecule has 1 heterocycles. The Morgan fingerprint density at radius 2 is 1.56 bits per heavy atom. The lowest BCUT2D eigenvalue weighted by molar-refractivity contribution is -0.131. The first kappa shape index (κ1) is 20.5. The number of pyridine rings is 1. The molecule has 0 unspecified atom stereocenters. The fourth-order valence-corrected chi connectivity index (χ4v) is 3.48. The average molecular weight is 391 g/mol. The molecule has 0 radical (unpaired) electrons. The van der Waals surface area contributed by atoms with Gasteiger partial charge in [-0.05, 0) is 43.3 Å². The second-order valence-electron chi connectivity index (χ2n) is 6.00. The Morgan fingerprint density at radius 1 is 1.00 bits per heavy atom. The lowest BCUT2D eigenvalue weighted by Gasteiger charge is -2.20. The van der Waals surface area contributed by atoms with Gasteiger partial charge in [0, 0.05) is 25.4 Å². The van der Waals surface area contributed by atoms with Crippen molar-refractivity contribution in [2.75, 3.05) is 0 Å². The third kappa shape index (κ3) is 5.87. The van der Waals surface area contributed by atoms with Crippen LogP contribution in [-0.2, 0) is 19.6 Å². The third-order valence-corrected chi connectivity index (χ3v) is 5.40. The van der Waals surface area contributed by atoms with Gasteiger partial charge in [0.25, 0.3) is 0 Å². The van der Waals surface area contributed by atoms with Gasteiger partial charge in [0.15, 0.2) is 0 Å². The number of carbonyl (C=O) groups is 2. The summed E-state index contributed by atoms with van der Waals surface area (Å²) in [5.41, 5.74) is 0. The van der Waals surface area contributed by atoms with Gasteiger partial charge in [-0.1, -0.05) is 6.92 Å². The van der Waals surface area contributed by atoms with Crippen LogP contribution >= 0.6 is 0 Å². The molecule has 144 valence electrons. The van der Waals surface area contributed by atoms with Gasteiger partial charge >= 0.3 is 0 Å². The normalized spacial score (nSPS) is 13.4. The van der Waals surface area contributed by atoms with E-state index in [1.165, 1.54) is 38.1 Å². The maximum Gasteiger partial charge on any atom is 0.240 e. The number of ether oxygens (including phenoxy) is 1. The van der Waals surface area contributed by atoms with Crippen LogP contribution in [0.3, 0.4) is 0 Å². The number of nitrogens with zero attached hydrogens (tertiary/aromatic N) is 1. The molecule has 0 aliphatic rings. The topological polar surface area (TPSA) is 114 Å². The number of nitrogens with one attached hydrogen (secondary N) is 2. The van der Waals surface area contributed by atoms with Gasteiger partial charge in [0.05, 0.1) is 10.8 Å². The van der Waals surface area contributed by atoms with E-state index >= 15 is 0 Å². The molecule has 0 spiro atoms. The molecule has 27 heavy (non-hydrogen) atoms. The molecule has 1 aromatic carbocycles. The lowest BCUT2D eigenvalue weighted by Crippen LogP contribution is -2.44. The molecule has 0 aliphatic heterocycles. The monoisotopic (exact) mass is 391 g/mol. The number of rotatable bonds is 7. The molecule has 0 fully saturated rings. The van der Waals surface area contributed by atoms with E-state index in [4.69, 9.17) is 4.74 Å². The number of sulfonamides is 1. The van der Waals surface area contributed by atoms with Crippen molar-refractivity contribution in [3.05, 3.63) is 48.8 Å². The molecule has 0 aliphatic carbocycles. The number of carbonyl (C=O) groups excluding carboxylic acids is 2. The van der Waals surface area contributed by atoms with Crippen molar-refractivity contribution in [3.8, 4) is 11.5 Å². The zero-order valence-corrected chi connectivity index (χ0v) is 16.0. The largest absolute Gasteiger partial charge is 0.457 e. The Labute approximate surface area is 158 Å². The molecule has 1 aromatic heterocycles. The molecule has 9 heteroatoms. The van der Waals surface area contributed by atoms with Gasteiger partial charge in [-0.15, -0.1) is 0 Å². The Kier molecular flexibility index (Phi) is 6.65. The van der Waals surface area contributed by atoms with Gasteiger partial charge in [-0.3, -0.25) is 19.9 Å². The summed E-state index contributed by atoms with van der Waals surface area (Å²) < 4.78 is 33.0. The van der Waals surface area contributed by atoms with E-state index in [1.54, 1.807) is 31.5 Å². The minimum absolute atomic E-state index is 0.0376. The van der Waals surface area contributed by atoms with Crippen LogP contribution in [0.1, 0.15) is 20.8 Å². The molecule has 2 atom stereocenters. The summed E-state index contributed by atoms with van der Waals surface area (Å²) in [5.74, 6) is -0.705. The summed E-state index contributed by atoms with van der Waals surface area (Å²) in [6.07, 6.45) is 3.17. The van der Waals surface area contributed by atoms with Crippen LogP contribution in [0.15, 0.2) is 53.7 Å². The van der Waals surface area contributed by atoms with Gasteiger partial charge < -0.3 is 4.74 Å². The lowest BCUT2D eigenvalue weighted by atomic mass is 10.0. The highest BCUT2D eigenvalue weighted by atomic mass is 32.2. The third-order valence-electron chi connectivity index (χ3n) is 3.82. The van der Waals surface area contributed by atoms with E-state index in [2.05, 4.69) is 15.0 Å². The van der Waals surface area contributed by atoms with Gasteiger partial charge in [0.2, 0.25) is 21.8 Å². The fourth-order valence-electron chi connectivity index (χ4n) is 2.16. The molecule has 8 nitrogen and oxygen atoms in total. The molecule has 0 bridgehead atoms. The Bertz CT molecular complexity index is 898. The van der Waals surface area contributed by atoms with E-state index in [9.17, 15) is 18.0 Å². The van der Waals surface area contributed by atoms with E-state index in [-0.39, 0.29) is 4.90 Å². The number of hydrogen-bond donors (Lipinski definition) is 2. The quantitative estimate of drug-likeness (QED) is 0.744. The Morgan fingerprint density at radius 3 is 2.11 bits per heavy atom. The van der Waals surface area contributed by atoms with Crippen LogP contribution in [0.5, 0.6) is 11.5 Å². The highest BCUT2D eigenvalue weighted by Gasteiger charge is 2.26. The number of benzene rings is 1. The number of amides is 2. The van der Waals surface area contributed by atoms with Crippen LogP contribution in [0.2, 0.25) is 0 Å². The molecule has 0 saturated carbocycles. The first-order valence-electron chi connectivity index (χ1n) is 8.21. The van der Waals surface area contributed by atoms with Crippen molar-refractivity contribution in [2.45, 2.75) is 31.7 Å². The van der Waals surface area contributed by atoms with E-state index in [0.29, 0.717) is 11.5 Å². The highest BCUT2D eigenvalue weighted by Crippen LogP contribution is 2.22. The van der Waals surface area contributed by atoms with Crippen molar-refractivity contribution >= 4 is 21.8 Å². The molecule has 2 N–H and O–H groups in total. The second-order valence-corrected chi connectivity index (χ2v) is 7.71. The first-order chi connectivity index (χ1) is 12.7. The molecule has 2 aromatic rings. The van der Waals surface area contributed by atoms with Crippen LogP contribution < -0.4 is 14.8 Å². The SMILES string of the molecule is CC(=O)NC(=O)[C@@H](C)[C@@H](C)NS(=O)(=O)c1ccc(Oc2ccncc2)cc1. The summed E-state index contributed by atoms with van der Waals surface area (Å²) >= 11 is 0. The summed E-state index contributed by atoms with van der Waals surface area (Å²) in [6.45, 7) is 4.31. The zero-order valence-electron chi connectivity index (χ0n) is 15.2. The summed E-state index contributed by atoms with van der Waals surface area (Å²) in [5, 5.41) is 2.15. The van der Waals surface area contributed by atoms with Crippen LogP contribution in [0.4, 0.5) is 0 Å². The standard InChI is InChI=1S/C18H21N3O5S/c1-12(18(23)20-14(3)22)13(2)21-27(24,25)17-6-4-15(5-7-17)26-16-8-10-19-11-9-16/h4-13,21H,1-3H3,(H,20,22,23)/t12-,13+/m0/s1. The smallest absolute Gasteiger partial charge is 0.240 e. The van der Waals surface area contributed by atoms with Crippen molar-refractivity contribution in [3.63, 3.8) is 0 Å². The predicted octanol–water partition coefficient (Wildman–Crippen LogP) is 1.84. The predicted molar refractivity (Wildman–Crippen MR) is 98.5 cm³/mol. The Hall–Kier alpha value is -2.78. The minimum Gasteiger partial charge on any atom is -0.457 e. The molecular weight excluding hydrogens is 370 g/mol. The maximum absolute atomic E-state index is 12.5. The average Bonchev–Trinajstić information content (AvgIpc) is 2.61. The van der Waals surface area contributed by atoms with Crippen molar-refractivity contribution < 1.29 is 22.7 Å². The fraction of sp³-hybridized carbons (Fsp3) is 0.278. The van der Waals surface area contributed by atoms with Crippen LogP contribution in [0.25, 0.3) is 0 Å². The van der Waals surface area contributed by atoms with Crippen LogP contribution in [-0.4, -0.2) is 31.3 Å².